The van der Waals surface area contributed by atoms with E-state index in [9.17, 15) is 4.79 Å². The van der Waals surface area contributed by atoms with E-state index in [4.69, 9.17) is 9.52 Å². The number of piperidine rings is 1. The Morgan fingerprint density at radius 1 is 1.25 bits per heavy atom. The Bertz CT molecular complexity index is 715. The van der Waals surface area contributed by atoms with Crippen LogP contribution in [0.2, 0.25) is 0 Å². The molecule has 1 atom stereocenters. The SMILES string of the molecule is CC1CCN(Cc2ccc(-c3ccc(C(=O)O)cc3)o2)CC1(C)C. The monoisotopic (exact) mass is 327 g/mol. The number of aromatic carboxylic acids is 1. The summed E-state index contributed by atoms with van der Waals surface area (Å²) in [5.74, 6) is 1.57. The predicted octanol–water partition coefficient (Wildman–Crippen LogP) is 4.51. The van der Waals surface area contributed by atoms with E-state index in [0.717, 1.165) is 42.6 Å². The number of carbonyl (C=O) groups is 1. The van der Waals surface area contributed by atoms with Crippen LogP contribution < -0.4 is 0 Å². The van der Waals surface area contributed by atoms with Crippen LogP contribution in [0.4, 0.5) is 0 Å². The molecular formula is C20H25NO3. The summed E-state index contributed by atoms with van der Waals surface area (Å²) in [6, 6.07) is 10.8. The minimum Gasteiger partial charge on any atom is -0.478 e. The first-order chi connectivity index (χ1) is 11.3. The Morgan fingerprint density at radius 3 is 2.58 bits per heavy atom. The van der Waals surface area contributed by atoms with Gasteiger partial charge in [-0.05, 0) is 48.6 Å². The molecule has 0 spiro atoms. The smallest absolute Gasteiger partial charge is 0.335 e. The number of nitrogens with zero attached hydrogens (tertiary/aromatic N) is 1. The van der Waals surface area contributed by atoms with Gasteiger partial charge in [-0.3, -0.25) is 4.90 Å². The van der Waals surface area contributed by atoms with Crippen LogP contribution in [0.25, 0.3) is 11.3 Å². The normalized spacial score (nSPS) is 20.9. The van der Waals surface area contributed by atoms with E-state index in [1.165, 1.54) is 6.42 Å². The molecule has 3 rings (SSSR count). The minimum absolute atomic E-state index is 0.287. The lowest BCUT2D eigenvalue weighted by Crippen LogP contribution is -2.44. The molecule has 0 aliphatic carbocycles. The molecule has 1 saturated heterocycles. The van der Waals surface area contributed by atoms with Gasteiger partial charge in [-0.25, -0.2) is 4.79 Å². The van der Waals surface area contributed by atoms with Crippen LogP contribution in [0.5, 0.6) is 0 Å². The molecule has 2 aromatic rings. The zero-order valence-corrected chi connectivity index (χ0v) is 14.6. The van der Waals surface area contributed by atoms with E-state index < -0.39 is 5.97 Å². The maximum absolute atomic E-state index is 10.9. The van der Waals surface area contributed by atoms with Crippen molar-refractivity contribution in [3.8, 4) is 11.3 Å². The van der Waals surface area contributed by atoms with Gasteiger partial charge in [-0.1, -0.05) is 32.9 Å². The standard InChI is InChI=1S/C20H25NO3/c1-14-10-11-21(13-20(14,2)3)12-17-8-9-18(24-17)15-4-6-16(7-5-15)19(22)23/h4-9,14H,10-13H2,1-3H3,(H,22,23). The van der Waals surface area contributed by atoms with Crippen molar-refractivity contribution in [3.05, 3.63) is 47.7 Å². The number of likely N-dealkylation sites (tertiary alicyclic amines) is 1. The number of benzene rings is 1. The van der Waals surface area contributed by atoms with Crippen molar-refractivity contribution in [3.63, 3.8) is 0 Å². The summed E-state index contributed by atoms with van der Waals surface area (Å²) in [5, 5.41) is 8.96. The van der Waals surface area contributed by atoms with Crippen molar-refractivity contribution in [1.29, 1.82) is 0 Å². The highest BCUT2D eigenvalue weighted by Crippen LogP contribution is 2.35. The maximum Gasteiger partial charge on any atom is 0.335 e. The van der Waals surface area contributed by atoms with Crippen molar-refractivity contribution in [2.75, 3.05) is 13.1 Å². The van der Waals surface area contributed by atoms with Crippen LogP contribution in [0, 0.1) is 11.3 Å². The number of carboxylic acid groups (broad SMARTS) is 1. The van der Waals surface area contributed by atoms with Gasteiger partial charge in [-0.15, -0.1) is 0 Å². The van der Waals surface area contributed by atoms with E-state index in [0.29, 0.717) is 5.41 Å². The number of hydrogen-bond donors (Lipinski definition) is 1. The van der Waals surface area contributed by atoms with Gasteiger partial charge in [-0.2, -0.15) is 0 Å². The lowest BCUT2D eigenvalue weighted by Gasteiger charge is -2.42. The third-order valence-electron chi connectivity index (χ3n) is 5.30. The zero-order valence-electron chi connectivity index (χ0n) is 14.6. The van der Waals surface area contributed by atoms with Gasteiger partial charge < -0.3 is 9.52 Å². The molecule has 4 heteroatoms. The lowest BCUT2D eigenvalue weighted by atomic mass is 9.75. The van der Waals surface area contributed by atoms with Gasteiger partial charge in [0.25, 0.3) is 0 Å². The lowest BCUT2D eigenvalue weighted by molar-refractivity contribution is 0.0558. The van der Waals surface area contributed by atoms with E-state index in [1.54, 1.807) is 24.3 Å². The van der Waals surface area contributed by atoms with E-state index in [1.807, 2.05) is 12.1 Å². The van der Waals surface area contributed by atoms with Crippen molar-refractivity contribution in [1.82, 2.24) is 4.90 Å². The van der Waals surface area contributed by atoms with Gasteiger partial charge in [0.1, 0.15) is 11.5 Å². The number of carboxylic acids is 1. The first-order valence-electron chi connectivity index (χ1n) is 8.50. The highest BCUT2D eigenvalue weighted by atomic mass is 16.4. The number of rotatable bonds is 4. The summed E-state index contributed by atoms with van der Waals surface area (Å²) in [7, 11) is 0. The highest BCUT2D eigenvalue weighted by Gasteiger charge is 2.32. The quantitative estimate of drug-likeness (QED) is 0.897. The summed E-state index contributed by atoms with van der Waals surface area (Å²) in [6.07, 6.45) is 1.22. The van der Waals surface area contributed by atoms with Crippen molar-refractivity contribution in [2.24, 2.45) is 11.3 Å². The third kappa shape index (κ3) is 3.54. The molecule has 0 radical (unpaired) electrons. The molecule has 1 aliphatic rings. The predicted molar refractivity (Wildman–Crippen MR) is 93.9 cm³/mol. The summed E-state index contributed by atoms with van der Waals surface area (Å²) >= 11 is 0. The molecular weight excluding hydrogens is 302 g/mol. The molecule has 1 aromatic carbocycles. The van der Waals surface area contributed by atoms with Crippen LogP contribution in [-0.4, -0.2) is 29.1 Å². The van der Waals surface area contributed by atoms with Crippen molar-refractivity contribution >= 4 is 5.97 Å². The fraction of sp³-hybridized carbons (Fsp3) is 0.450. The van der Waals surface area contributed by atoms with Gasteiger partial charge in [0.15, 0.2) is 0 Å². The van der Waals surface area contributed by atoms with Crippen LogP contribution in [0.3, 0.4) is 0 Å². The molecule has 1 aliphatic heterocycles. The van der Waals surface area contributed by atoms with Crippen LogP contribution in [0.1, 0.15) is 43.3 Å². The van der Waals surface area contributed by atoms with Crippen LogP contribution in [-0.2, 0) is 6.54 Å². The summed E-state index contributed by atoms with van der Waals surface area (Å²) in [6.45, 7) is 10.0. The second-order valence-electron chi connectivity index (χ2n) is 7.54. The molecule has 1 fully saturated rings. The molecule has 4 nitrogen and oxygen atoms in total. The first kappa shape index (κ1) is 16.8. The second kappa shape index (κ2) is 6.44. The van der Waals surface area contributed by atoms with E-state index in [2.05, 4.69) is 25.7 Å². The summed E-state index contributed by atoms with van der Waals surface area (Å²) in [5.41, 5.74) is 1.52. The first-order valence-corrected chi connectivity index (χ1v) is 8.50. The number of hydrogen-bond acceptors (Lipinski definition) is 3. The molecule has 1 N–H and O–H groups in total. The maximum atomic E-state index is 10.9. The largest absolute Gasteiger partial charge is 0.478 e. The zero-order chi connectivity index (χ0) is 17.3. The fourth-order valence-corrected chi connectivity index (χ4v) is 3.33. The van der Waals surface area contributed by atoms with Crippen LogP contribution in [0.15, 0.2) is 40.8 Å². The van der Waals surface area contributed by atoms with Crippen molar-refractivity contribution < 1.29 is 14.3 Å². The Hall–Kier alpha value is -2.07. The van der Waals surface area contributed by atoms with Crippen molar-refractivity contribution in [2.45, 2.75) is 33.7 Å². The number of furan rings is 1. The third-order valence-corrected chi connectivity index (χ3v) is 5.30. The molecule has 2 heterocycles. The average molecular weight is 327 g/mol. The van der Waals surface area contributed by atoms with Gasteiger partial charge in [0.2, 0.25) is 0 Å². The van der Waals surface area contributed by atoms with Gasteiger partial charge in [0.05, 0.1) is 12.1 Å². The summed E-state index contributed by atoms with van der Waals surface area (Å²) in [4.78, 5) is 13.4. The minimum atomic E-state index is -0.913. The molecule has 0 amide bonds. The Kier molecular flexibility index (Phi) is 4.50. The second-order valence-corrected chi connectivity index (χ2v) is 7.54. The Morgan fingerprint density at radius 2 is 1.96 bits per heavy atom. The van der Waals surface area contributed by atoms with Crippen LogP contribution >= 0.6 is 0 Å². The van der Waals surface area contributed by atoms with E-state index in [-0.39, 0.29) is 5.56 Å². The Balaban J connectivity index is 1.68. The molecule has 0 saturated carbocycles. The van der Waals surface area contributed by atoms with Gasteiger partial charge in [0, 0.05) is 12.1 Å². The van der Waals surface area contributed by atoms with E-state index >= 15 is 0 Å². The molecule has 128 valence electrons. The molecule has 1 unspecified atom stereocenters. The molecule has 1 aromatic heterocycles. The topological polar surface area (TPSA) is 53.7 Å². The molecule has 0 bridgehead atoms. The van der Waals surface area contributed by atoms with Gasteiger partial charge >= 0.3 is 5.97 Å². The Labute approximate surface area is 143 Å². The fourth-order valence-electron chi connectivity index (χ4n) is 3.33. The average Bonchev–Trinajstić information content (AvgIpc) is 2.99. The molecule has 24 heavy (non-hydrogen) atoms. The summed E-state index contributed by atoms with van der Waals surface area (Å²) < 4.78 is 5.98. The highest BCUT2D eigenvalue weighted by molar-refractivity contribution is 5.88.